The summed E-state index contributed by atoms with van der Waals surface area (Å²) in [6.45, 7) is 9.15. The van der Waals surface area contributed by atoms with Crippen LogP contribution in [-0.2, 0) is 6.54 Å². The number of nitrogens with one attached hydrogen (secondary N) is 2. The molecule has 3 rings (SSSR count). The summed E-state index contributed by atoms with van der Waals surface area (Å²) >= 11 is 0. The average Bonchev–Trinajstić information content (AvgIpc) is 3.29. The summed E-state index contributed by atoms with van der Waals surface area (Å²) in [5, 5.41) is 5.93. The molecule has 3 heterocycles. The third-order valence-electron chi connectivity index (χ3n) is 5.51. The van der Waals surface area contributed by atoms with E-state index in [1.165, 1.54) is 19.3 Å². The zero-order chi connectivity index (χ0) is 20.5. The summed E-state index contributed by atoms with van der Waals surface area (Å²) < 4.78 is 5.63. The number of rotatable bonds is 9. The van der Waals surface area contributed by atoms with Crippen molar-refractivity contribution in [2.24, 2.45) is 0 Å². The third kappa shape index (κ3) is 5.97. The molecule has 7 heteroatoms. The quantitative estimate of drug-likeness (QED) is 0.675. The smallest absolute Gasteiger partial charge is 0.315 e. The zero-order valence-corrected chi connectivity index (χ0v) is 17.6. The van der Waals surface area contributed by atoms with Crippen molar-refractivity contribution in [3.8, 4) is 0 Å². The summed E-state index contributed by atoms with van der Waals surface area (Å²) in [6.07, 6.45) is 7.19. The molecule has 2 aromatic rings. The van der Waals surface area contributed by atoms with Crippen molar-refractivity contribution in [2.45, 2.75) is 45.7 Å². The molecule has 29 heavy (non-hydrogen) atoms. The number of anilines is 1. The molecule has 2 aromatic heterocycles. The van der Waals surface area contributed by atoms with Crippen LogP contribution in [0.5, 0.6) is 0 Å². The standard InChI is InChI=1S/C22H33N5O2/c1-3-26(4-2)21-11-10-18(15-23-21)16-24-22(28)25-17-19(20-9-8-14-29-20)27-12-6-5-7-13-27/h8-11,14-15,19H,3-7,12-13,16-17H2,1-2H3,(H2,24,25,28). The van der Waals surface area contributed by atoms with Crippen molar-refractivity contribution in [2.75, 3.05) is 37.6 Å². The normalized spacial score (nSPS) is 15.7. The van der Waals surface area contributed by atoms with E-state index in [0.717, 1.165) is 43.3 Å². The predicted molar refractivity (Wildman–Crippen MR) is 115 cm³/mol. The molecule has 1 unspecified atom stereocenters. The fourth-order valence-electron chi connectivity index (χ4n) is 3.81. The van der Waals surface area contributed by atoms with Gasteiger partial charge in [0.05, 0.1) is 12.3 Å². The fraction of sp³-hybridized carbons (Fsp3) is 0.545. The Morgan fingerprint density at radius 3 is 2.59 bits per heavy atom. The molecule has 7 nitrogen and oxygen atoms in total. The van der Waals surface area contributed by atoms with E-state index in [9.17, 15) is 4.79 Å². The number of urea groups is 1. The largest absolute Gasteiger partial charge is 0.468 e. The molecule has 1 atom stereocenters. The van der Waals surface area contributed by atoms with Crippen molar-refractivity contribution >= 4 is 11.8 Å². The first kappa shape index (κ1) is 21.2. The van der Waals surface area contributed by atoms with Gasteiger partial charge in [-0.3, -0.25) is 4.90 Å². The van der Waals surface area contributed by atoms with Crippen LogP contribution in [0, 0.1) is 0 Å². The summed E-state index contributed by atoms with van der Waals surface area (Å²) in [4.78, 5) is 21.4. The number of carbonyl (C=O) groups is 1. The van der Waals surface area contributed by atoms with Gasteiger partial charge in [0.2, 0.25) is 0 Å². The molecule has 0 aliphatic carbocycles. The van der Waals surface area contributed by atoms with Gasteiger partial charge in [0.15, 0.2) is 0 Å². The molecular weight excluding hydrogens is 366 g/mol. The Bertz CT molecular complexity index is 722. The summed E-state index contributed by atoms with van der Waals surface area (Å²) in [5.74, 6) is 1.87. The first-order chi connectivity index (χ1) is 14.2. The average molecular weight is 400 g/mol. The van der Waals surface area contributed by atoms with Gasteiger partial charge in [-0.25, -0.2) is 9.78 Å². The minimum absolute atomic E-state index is 0.0751. The summed E-state index contributed by atoms with van der Waals surface area (Å²) in [6, 6.07) is 7.81. The maximum absolute atomic E-state index is 12.3. The maximum atomic E-state index is 12.3. The van der Waals surface area contributed by atoms with Crippen LogP contribution in [0.4, 0.5) is 10.6 Å². The van der Waals surface area contributed by atoms with Crippen LogP contribution < -0.4 is 15.5 Å². The van der Waals surface area contributed by atoms with Gasteiger partial charge in [0.1, 0.15) is 11.6 Å². The number of furan rings is 1. The first-order valence-corrected chi connectivity index (χ1v) is 10.7. The number of hydrogen-bond donors (Lipinski definition) is 2. The number of hydrogen-bond acceptors (Lipinski definition) is 5. The Morgan fingerprint density at radius 1 is 1.17 bits per heavy atom. The van der Waals surface area contributed by atoms with E-state index in [0.29, 0.717) is 13.1 Å². The van der Waals surface area contributed by atoms with E-state index in [4.69, 9.17) is 4.42 Å². The molecule has 2 amide bonds. The lowest BCUT2D eigenvalue weighted by molar-refractivity contribution is 0.143. The van der Waals surface area contributed by atoms with Gasteiger partial charge in [0.25, 0.3) is 0 Å². The van der Waals surface area contributed by atoms with Crippen LogP contribution in [0.2, 0.25) is 0 Å². The highest BCUT2D eigenvalue weighted by molar-refractivity contribution is 5.73. The van der Waals surface area contributed by atoms with Crippen molar-refractivity contribution in [1.82, 2.24) is 20.5 Å². The van der Waals surface area contributed by atoms with Gasteiger partial charge >= 0.3 is 6.03 Å². The Morgan fingerprint density at radius 2 is 1.97 bits per heavy atom. The van der Waals surface area contributed by atoms with Crippen LogP contribution >= 0.6 is 0 Å². The lowest BCUT2D eigenvalue weighted by atomic mass is 10.1. The van der Waals surface area contributed by atoms with Gasteiger partial charge in [-0.05, 0) is 63.5 Å². The molecule has 1 fully saturated rings. The molecule has 0 spiro atoms. The number of aromatic nitrogens is 1. The van der Waals surface area contributed by atoms with Crippen LogP contribution in [-0.4, -0.2) is 48.6 Å². The fourth-order valence-corrected chi connectivity index (χ4v) is 3.81. The monoisotopic (exact) mass is 399 g/mol. The minimum atomic E-state index is -0.175. The number of piperidine rings is 1. The molecule has 0 saturated carbocycles. The van der Waals surface area contributed by atoms with Crippen molar-refractivity contribution < 1.29 is 9.21 Å². The highest BCUT2D eigenvalue weighted by atomic mass is 16.3. The highest BCUT2D eigenvalue weighted by Gasteiger charge is 2.24. The number of amides is 2. The SMILES string of the molecule is CCN(CC)c1ccc(CNC(=O)NCC(c2ccco2)N2CCCCC2)cn1. The maximum Gasteiger partial charge on any atom is 0.315 e. The van der Waals surface area contributed by atoms with E-state index in [1.807, 2.05) is 30.5 Å². The molecule has 158 valence electrons. The minimum Gasteiger partial charge on any atom is -0.468 e. The lowest BCUT2D eigenvalue weighted by Gasteiger charge is -2.33. The second kappa shape index (κ2) is 10.9. The third-order valence-corrected chi connectivity index (χ3v) is 5.51. The van der Waals surface area contributed by atoms with E-state index in [-0.39, 0.29) is 12.1 Å². The summed E-state index contributed by atoms with van der Waals surface area (Å²) in [7, 11) is 0. The molecule has 1 aliphatic rings. The van der Waals surface area contributed by atoms with Crippen LogP contribution in [0.25, 0.3) is 0 Å². The van der Waals surface area contributed by atoms with Gasteiger partial charge in [0, 0.05) is 32.4 Å². The van der Waals surface area contributed by atoms with Gasteiger partial charge in [-0.15, -0.1) is 0 Å². The van der Waals surface area contributed by atoms with Crippen LogP contribution in [0.1, 0.15) is 50.5 Å². The van der Waals surface area contributed by atoms with E-state index in [2.05, 4.69) is 39.3 Å². The molecule has 0 bridgehead atoms. The zero-order valence-electron chi connectivity index (χ0n) is 17.6. The second-order valence-corrected chi connectivity index (χ2v) is 7.39. The Hall–Kier alpha value is -2.54. The predicted octanol–water partition coefficient (Wildman–Crippen LogP) is 3.55. The Labute approximate surface area is 173 Å². The molecule has 2 N–H and O–H groups in total. The van der Waals surface area contributed by atoms with E-state index in [1.54, 1.807) is 6.26 Å². The lowest BCUT2D eigenvalue weighted by Crippen LogP contribution is -2.43. The van der Waals surface area contributed by atoms with Crippen molar-refractivity contribution in [3.63, 3.8) is 0 Å². The molecule has 0 radical (unpaired) electrons. The molecule has 1 aliphatic heterocycles. The van der Waals surface area contributed by atoms with Crippen molar-refractivity contribution in [3.05, 3.63) is 48.0 Å². The number of carbonyl (C=O) groups excluding carboxylic acids is 1. The topological polar surface area (TPSA) is 73.6 Å². The van der Waals surface area contributed by atoms with Crippen LogP contribution in [0.15, 0.2) is 41.1 Å². The van der Waals surface area contributed by atoms with E-state index >= 15 is 0 Å². The van der Waals surface area contributed by atoms with Gasteiger partial charge < -0.3 is 20.0 Å². The second-order valence-electron chi connectivity index (χ2n) is 7.39. The first-order valence-electron chi connectivity index (χ1n) is 10.7. The number of likely N-dealkylation sites (tertiary alicyclic amines) is 1. The Balaban J connectivity index is 1.49. The number of pyridine rings is 1. The highest BCUT2D eigenvalue weighted by Crippen LogP contribution is 2.24. The molecular formula is C22H33N5O2. The van der Waals surface area contributed by atoms with Crippen molar-refractivity contribution in [1.29, 1.82) is 0 Å². The van der Waals surface area contributed by atoms with Gasteiger partial charge in [-0.2, -0.15) is 0 Å². The van der Waals surface area contributed by atoms with E-state index < -0.39 is 0 Å². The molecule has 0 aromatic carbocycles. The van der Waals surface area contributed by atoms with Gasteiger partial charge in [-0.1, -0.05) is 12.5 Å². The summed E-state index contributed by atoms with van der Waals surface area (Å²) in [5.41, 5.74) is 0.981. The molecule has 1 saturated heterocycles. The van der Waals surface area contributed by atoms with Crippen LogP contribution in [0.3, 0.4) is 0 Å². The Kier molecular flexibility index (Phi) is 7.93. The number of nitrogens with zero attached hydrogens (tertiary/aromatic N) is 3.